The lowest BCUT2D eigenvalue weighted by Gasteiger charge is -2.14. The number of benzene rings is 1. The molecule has 0 spiro atoms. The molecule has 4 rings (SSSR count). The molecule has 9 nitrogen and oxygen atoms in total. The Bertz CT molecular complexity index is 1240. The Labute approximate surface area is 191 Å². The first-order valence-corrected chi connectivity index (χ1v) is 14.1. The van der Waals surface area contributed by atoms with Crippen molar-refractivity contribution in [3.8, 4) is 0 Å². The lowest BCUT2D eigenvalue weighted by Crippen LogP contribution is -2.23. The number of hydrogen-bond acceptors (Lipinski definition) is 9. The quantitative estimate of drug-likeness (QED) is 0.523. The highest BCUT2D eigenvalue weighted by molar-refractivity contribution is 7.92. The minimum absolute atomic E-state index is 0.0375. The SMILES string of the molecule is CNS(=O)(=O)c1cnc(CC(=O)/C(=N/N2CCCC2)c2ccc(S(=O)(=O)C3CC3)cc2)s1. The van der Waals surface area contributed by atoms with Gasteiger partial charge in [0.1, 0.15) is 10.7 Å². The third-order valence-corrected chi connectivity index (χ3v) is 10.5. The van der Waals surface area contributed by atoms with Crippen molar-refractivity contribution in [1.82, 2.24) is 14.7 Å². The van der Waals surface area contributed by atoms with Crippen LogP contribution in [0.4, 0.5) is 0 Å². The number of carbonyl (C=O) groups is 1. The van der Waals surface area contributed by atoms with Crippen molar-refractivity contribution in [1.29, 1.82) is 0 Å². The Morgan fingerprint density at radius 1 is 1.16 bits per heavy atom. The lowest BCUT2D eigenvalue weighted by atomic mass is 10.0. The predicted molar refractivity (Wildman–Crippen MR) is 121 cm³/mol. The van der Waals surface area contributed by atoms with Gasteiger partial charge in [-0.05, 0) is 44.9 Å². The zero-order valence-electron chi connectivity index (χ0n) is 17.5. The van der Waals surface area contributed by atoms with Crippen LogP contribution in [0.2, 0.25) is 0 Å². The summed E-state index contributed by atoms with van der Waals surface area (Å²) in [7, 11) is -5.63. The van der Waals surface area contributed by atoms with Crippen molar-refractivity contribution in [2.75, 3.05) is 20.1 Å². The molecule has 1 aromatic carbocycles. The number of carbonyl (C=O) groups excluding carboxylic acids is 1. The van der Waals surface area contributed by atoms with Crippen LogP contribution in [0.15, 0.2) is 44.7 Å². The van der Waals surface area contributed by atoms with Crippen molar-refractivity contribution < 1.29 is 21.6 Å². The first-order chi connectivity index (χ1) is 15.2. The second-order valence-corrected chi connectivity index (χ2v) is 13.2. The van der Waals surface area contributed by atoms with E-state index >= 15 is 0 Å². The number of thiazole rings is 1. The maximum absolute atomic E-state index is 13.2. The first-order valence-electron chi connectivity index (χ1n) is 10.3. The van der Waals surface area contributed by atoms with Gasteiger partial charge in [0.15, 0.2) is 19.8 Å². The molecule has 12 heteroatoms. The van der Waals surface area contributed by atoms with E-state index in [9.17, 15) is 21.6 Å². The number of rotatable bonds is 9. The Morgan fingerprint density at radius 2 is 1.81 bits per heavy atom. The maximum atomic E-state index is 13.2. The largest absolute Gasteiger partial charge is 0.296 e. The van der Waals surface area contributed by atoms with E-state index in [4.69, 9.17) is 0 Å². The van der Waals surface area contributed by atoms with Gasteiger partial charge in [0.2, 0.25) is 0 Å². The maximum Gasteiger partial charge on any atom is 0.251 e. The van der Waals surface area contributed by atoms with Crippen LogP contribution in [0.25, 0.3) is 0 Å². The summed E-state index contributed by atoms with van der Waals surface area (Å²) in [5.74, 6) is -0.308. The van der Waals surface area contributed by atoms with Crippen molar-refractivity contribution in [2.24, 2.45) is 5.10 Å². The topological polar surface area (TPSA) is 126 Å². The van der Waals surface area contributed by atoms with Gasteiger partial charge in [-0.2, -0.15) is 5.10 Å². The van der Waals surface area contributed by atoms with Crippen LogP contribution < -0.4 is 4.72 Å². The summed E-state index contributed by atoms with van der Waals surface area (Å²) in [4.78, 5) is 17.5. The summed E-state index contributed by atoms with van der Waals surface area (Å²) in [6.45, 7) is 1.49. The third-order valence-electron chi connectivity index (χ3n) is 5.39. The summed E-state index contributed by atoms with van der Waals surface area (Å²) in [6, 6.07) is 6.27. The molecular formula is C20H24N4O5S3. The van der Waals surface area contributed by atoms with Crippen molar-refractivity contribution in [3.63, 3.8) is 0 Å². The Hall–Kier alpha value is -2.15. The molecule has 0 atom stereocenters. The van der Waals surface area contributed by atoms with Crippen molar-refractivity contribution in [2.45, 2.75) is 46.5 Å². The van der Waals surface area contributed by atoms with E-state index in [0.29, 0.717) is 23.4 Å². The minimum Gasteiger partial charge on any atom is -0.296 e. The number of sulfonamides is 1. The third kappa shape index (κ3) is 4.92. The average Bonchev–Trinajstić information content (AvgIpc) is 3.32. The normalized spacial score (nSPS) is 17.7. The predicted octanol–water partition coefficient (Wildman–Crippen LogP) is 1.60. The molecule has 172 valence electrons. The number of sulfone groups is 1. The molecule has 1 aromatic heterocycles. The molecule has 2 aliphatic rings. The van der Waals surface area contributed by atoms with E-state index in [-0.39, 0.29) is 32.3 Å². The number of hydrogen-bond donors (Lipinski definition) is 1. The molecule has 2 aromatic rings. The van der Waals surface area contributed by atoms with Crippen LogP contribution in [-0.2, 0) is 31.1 Å². The second kappa shape index (κ2) is 9.00. The summed E-state index contributed by atoms with van der Waals surface area (Å²) >= 11 is 0.934. The van der Waals surface area contributed by atoms with Crippen LogP contribution in [0, 0.1) is 0 Å². The molecule has 1 aliphatic carbocycles. The van der Waals surface area contributed by atoms with E-state index in [1.54, 1.807) is 12.1 Å². The van der Waals surface area contributed by atoms with Crippen molar-refractivity contribution in [3.05, 3.63) is 41.0 Å². The van der Waals surface area contributed by atoms with Gasteiger partial charge in [-0.3, -0.25) is 9.80 Å². The van der Waals surface area contributed by atoms with Gasteiger partial charge >= 0.3 is 0 Å². The summed E-state index contributed by atoms with van der Waals surface area (Å²) in [5, 5.41) is 6.45. The average molecular weight is 497 g/mol. The molecule has 0 bridgehead atoms. The Morgan fingerprint density at radius 3 is 2.41 bits per heavy atom. The highest BCUT2D eigenvalue weighted by Gasteiger charge is 2.36. The van der Waals surface area contributed by atoms with Crippen LogP contribution in [-0.4, -0.2) is 63.7 Å². The number of nitrogens with zero attached hydrogens (tertiary/aromatic N) is 3. The van der Waals surface area contributed by atoms with Crippen LogP contribution in [0.3, 0.4) is 0 Å². The minimum atomic E-state index is -3.63. The second-order valence-electron chi connectivity index (χ2n) is 7.76. The number of nitrogens with one attached hydrogen (secondary N) is 1. The van der Waals surface area contributed by atoms with E-state index in [0.717, 1.165) is 37.3 Å². The van der Waals surface area contributed by atoms with E-state index in [2.05, 4.69) is 14.8 Å². The number of ketones is 1. The monoisotopic (exact) mass is 496 g/mol. The fourth-order valence-electron chi connectivity index (χ4n) is 3.41. The van der Waals surface area contributed by atoms with Crippen molar-refractivity contribution >= 4 is 42.7 Å². The summed E-state index contributed by atoms with van der Waals surface area (Å²) in [5.41, 5.74) is 0.742. The molecule has 1 N–H and O–H groups in total. The van der Waals surface area contributed by atoms with Gasteiger partial charge in [0.25, 0.3) is 10.0 Å². The van der Waals surface area contributed by atoms with Crippen LogP contribution >= 0.6 is 11.3 Å². The number of Topliss-reactive ketones (excluding diaryl/α,β-unsaturated/α-hetero) is 1. The number of aromatic nitrogens is 1. The molecule has 0 unspecified atom stereocenters. The van der Waals surface area contributed by atoms with E-state index < -0.39 is 19.9 Å². The molecule has 1 aliphatic heterocycles. The molecule has 2 heterocycles. The van der Waals surface area contributed by atoms with Gasteiger partial charge in [0.05, 0.1) is 22.8 Å². The fraction of sp³-hybridized carbons (Fsp3) is 0.450. The standard InChI is InChI=1S/C20H24N4O5S3/c1-21-32(28,29)19-13-22-18(30-19)12-17(25)20(23-24-10-2-3-11-24)14-4-6-15(7-5-14)31(26,27)16-8-9-16/h4-7,13,16,21H,2-3,8-12H2,1H3/b23-20+. The van der Waals surface area contributed by atoms with Crippen LogP contribution in [0.5, 0.6) is 0 Å². The van der Waals surface area contributed by atoms with Gasteiger partial charge < -0.3 is 0 Å². The highest BCUT2D eigenvalue weighted by atomic mass is 32.2. The zero-order valence-corrected chi connectivity index (χ0v) is 20.0. The van der Waals surface area contributed by atoms with E-state index in [1.807, 2.05) is 5.01 Å². The summed E-state index contributed by atoms with van der Waals surface area (Å²) < 4.78 is 51.1. The molecule has 32 heavy (non-hydrogen) atoms. The Balaban J connectivity index is 1.60. The van der Waals surface area contributed by atoms with Gasteiger partial charge in [-0.15, -0.1) is 11.3 Å². The number of hydrazone groups is 1. The first kappa shape index (κ1) is 23.0. The molecule has 1 saturated heterocycles. The molecular weight excluding hydrogens is 472 g/mol. The molecule has 0 amide bonds. The fourth-order valence-corrected chi connectivity index (χ4v) is 7.08. The smallest absolute Gasteiger partial charge is 0.251 e. The highest BCUT2D eigenvalue weighted by Crippen LogP contribution is 2.33. The van der Waals surface area contributed by atoms with E-state index in [1.165, 1.54) is 25.4 Å². The van der Waals surface area contributed by atoms with Crippen LogP contribution in [0.1, 0.15) is 36.3 Å². The zero-order chi connectivity index (χ0) is 22.9. The molecule has 1 saturated carbocycles. The molecule has 0 radical (unpaired) electrons. The lowest BCUT2D eigenvalue weighted by molar-refractivity contribution is -0.112. The van der Waals surface area contributed by atoms with Gasteiger partial charge in [-0.25, -0.2) is 26.5 Å². The summed E-state index contributed by atoms with van der Waals surface area (Å²) in [6.07, 6.45) is 4.47. The van der Waals surface area contributed by atoms with Gasteiger partial charge in [-0.1, -0.05) is 12.1 Å². The van der Waals surface area contributed by atoms with Gasteiger partial charge in [0, 0.05) is 18.7 Å². The Kier molecular flexibility index (Phi) is 6.48. The molecule has 2 fully saturated rings.